The molecule has 0 radical (unpaired) electrons. The van der Waals surface area contributed by atoms with Gasteiger partial charge in [0.1, 0.15) is 5.00 Å². The Balaban J connectivity index is 1.54. The fourth-order valence-corrected chi connectivity index (χ4v) is 6.11. The van der Waals surface area contributed by atoms with E-state index in [1.54, 1.807) is 0 Å². The third kappa shape index (κ3) is 4.25. The van der Waals surface area contributed by atoms with Crippen LogP contribution < -0.4 is 10.6 Å². The third-order valence-electron chi connectivity index (χ3n) is 6.41. The zero-order valence-electron chi connectivity index (χ0n) is 16.5. The van der Waals surface area contributed by atoms with E-state index in [4.69, 9.17) is 0 Å². The summed E-state index contributed by atoms with van der Waals surface area (Å²) in [5, 5.41) is 16.2. The number of thiophene rings is 1. The quantitative estimate of drug-likeness (QED) is 0.634. The van der Waals surface area contributed by atoms with Crippen LogP contribution in [-0.4, -0.2) is 28.9 Å². The first kappa shape index (κ1) is 20.1. The predicted molar refractivity (Wildman–Crippen MR) is 112 cm³/mol. The Labute approximate surface area is 174 Å². The van der Waals surface area contributed by atoms with Gasteiger partial charge in [0.2, 0.25) is 5.91 Å². The first-order chi connectivity index (χ1) is 14.0. The number of rotatable bonds is 5. The average molecular weight is 417 g/mol. The molecular weight excluding hydrogens is 388 g/mol. The van der Waals surface area contributed by atoms with Gasteiger partial charge in [-0.1, -0.05) is 31.4 Å². The lowest BCUT2D eigenvalue weighted by Crippen LogP contribution is -2.37. The number of fused-ring (bicyclic) bond motifs is 1. The largest absolute Gasteiger partial charge is 0.481 e. The molecule has 1 heterocycles. The molecule has 0 aliphatic heterocycles. The number of allylic oxidation sites excluding steroid dienone is 2. The minimum absolute atomic E-state index is 0.0927. The van der Waals surface area contributed by atoms with Crippen molar-refractivity contribution in [2.75, 3.05) is 5.32 Å². The number of hydrogen-bond acceptors (Lipinski definition) is 4. The lowest BCUT2D eigenvalue weighted by Gasteiger charge is -2.25. The molecule has 1 aromatic rings. The molecule has 1 saturated carbocycles. The zero-order chi connectivity index (χ0) is 20.4. The van der Waals surface area contributed by atoms with Crippen molar-refractivity contribution in [3.63, 3.8) is 0 Å². The van der Waals surface area contributed by atoms with Gasteiger partial charge in [0.15, 0.2) is 0 Å². The van der Waals surface area contributed by atoms with Gasteiger partial charge < -0.3 is 15.7 Å². The van der Waals surface area contributed by atoms with Crippen molar-refractivity contribution >= 4 is 34.1 Å². The van der Waals surface area contributed by atoms with Crippen LogP contribution in [0.25, 0.3) is 0 Å². The fraction of sp³-hybridized carbons (Fsp3) is 0.591. The highest BCUT2D eigenvalue weighted by Crippen LogP contribution is 2.40. The number of amides is 2. The van der Waals surface area contributed by atoms with Crippen molar-refractivity contribution in [3.8, 4) is 0 Å². The minimum Gasteiger partial charge on any atom is -0.481 e. The van der Waals surface area contributed by atoms with Crippen LogP contribution in [0.1, 0.15) is 72.2 Å². The molecular formula is C22H28N2O4S. The maximum Gasteiger partial charge on any atom is 0.307 e. The second-order valence-electron chi connectivity index (χ2n) is 8.35. The van der Waals surface area contributed by atoms with E-state index < -0.39 is 17.8 Å². The van der Waals surface area contributed by atoms with Crippen molar-refractivity contribution in [1.82, 2.24) is 5.32 Å². The van der Waals surface area contributed by atoms with Crippen LogP contribution in [0.4, 0.5) is 5.00 Å². The van der Waals surface area contributed by atoms with Crippen molar-refractivity contribution < 1.29 is 19.5 Å². The van der Waals surface area contributed by atoms with Crippen molar-refractivity contribution in [1.29, 1.82) is 0 Å². The van der Waals surface area contributed by atoms with E-state index >= 15 is 0 Å². The topological polar surface area (TPSA) is 95.5 Å². The van der Waals surface area contributed by atoms with Crippen LogP contribution >= 0.6 is 11.3 Å². The highest BCUT2D eigenvalue weighted by molar-refractivity contribution is 7.17. The van der Waals surface area contributed by atoms with Crippen LogP contribution in [0.5, 0.6) is 0 Å². The van der Waals surface area contributed by atoms with E-state index in [1.165, 1.54) is 22.6 Å². The Hall–Kier alpha value is -2.15. The molecule has 0 bridgehead atoms. The Bertz CT molecular complexity index is 838. The highest BCUT2D eigenvalue weighted by Gasteiger charge is 2.36. The van der Waals surface area contributed by atoms with E-state index in [1.807, 2.05) is 12.2 Å². The number of carboxylic acids is 1. The fourth-order valence-electron chi connectivity index (χ4n) is 4.82. The number of hydrogen-bond donors (Lipinski definition) is 3. The van der Waals surface area contributed by atoms with Gasteiger partial charge in [-0.3, -0.25) is 14.4 Å². The lowest BCUT2D eigenvalue weighted by atomic mass is 9.82. The van der Waals surface area contributed by atoms with E-state index in [0.717, 1.165) is 50.5 Å². The molecule has 3 aliphatic rings. The van der Waals surface area contributed by atoms with Crippen molar-refractivity contribution in [3.05, 3.63) is 28.2 Å². The first-order valence-corrected chi connectivity index (χ1v) is 11.5. The van der Waals surface area contributed by atoms with Gasteiger partial charge in [-0.15, -0.1) is 11.3 Å². The van der Waals surface area contributed by atoms with E-state index in [2.05, 4.69) is 10.6 Å². The Kier molecular flexibility index (Phi) is 6.04. The van der Waals surface area contributed by atoms with Gasteiger partial charge in [-0.05, 0) is 50.5 Å². The molecule has 0 saturated heterocycles. The number of carbonyl (C=O) groups is 3. The molecule has 6 nitrogen and oxygen atoms in total. The van der Waals surface area contributed by atoms with Gasteiger partial charge in [-0.25, -0.2) is 0 Å². The number of carbonyl (C=O) groups excluding carboxylic acids is 2. The van der Waals surface area contributed by atoms with Gasteiger partial charge in [0.25, 0.3) is 5.91 Å². The second kappa shape index (κ2) is 8.69. The molecule has 4 rings (SSSR count). The van der Waals surface area contributed by atoms with E-state index in [9.17, 15) is 19.5 Å². The third-order valence-corrected chi connectivity index (χ3v) is 7.62. The Morgan fingerprint density at radius 1 is 0.966 bits per heavy atom. The van der Waals surface area contributed by atoms with Crippen molar-refractivity contribution in [2.45, 2.75) is 70.3 Å². The highest BCUT2D eigenvalue weighted by atomic mass is 32.1. The number of aliphatic carboxylic acids is 1. The number of carboxylic acid groups (broad SMARTS) is 1. The SMILES string of the molecule is O=C(NC1CCCCC1)c1c(NC(=O)C2CC=CCC2C(=O)O)sc2c1CCC2. The molecule has 2 unspecified atom stereocenters. The molecule has 3 N–H and O–H groups in total. The van der Waals surface area contributed by atoms with Crippen molar-refractivity contribution in [2.24, 2.45) is 11.8 Å². The molecule has 7 heteroatoms. The maximum atomic E-state index is 13.1. The molecule has 2 amide bonds. The molecule has 1 aromatic heterocycles. The number of aryl methyl sites for hydroxylation is 1. The second-order valence-corrected chi connectivity index (χ2v) is 9.46. The summed E-state index contributed by atoms with van der Waals surface area (Å²) >= 11 is 1.48. The molecule has 156 valence electrons. The van der Waals surface area contributed by atoms with E-state index in [-0.39, 0.29) is 17.9 Å². The van der Waals surface area contributed by atoms with Gasteiger partial charge in [0, 0.05) is 10.9 Å². The summed E-state index contributed by atoms with van der Waals surface area (Å²) in [4.78, 5) is 38.8. The normalized spacial score (nSPS) is 24.1. The van der Waals surface area contributed by atoms with Crippen LogP contribution in [0.3, 0.4) is 0 Å². The monoisotopic (exact) mass is 416 g/mol. The lowest BCUT2D eigenvalue weighted by molar-refractivity contribution is -0.146. The smallest absolute Gasteiger partial charge is 0.307 e. The number of nitrogens with one attached hydrogen (secondary N) is 2. The molecule has 0 spiro atoms. The molecule has 29 heavy (non-hydrogen) atoms. The molecule has 3 aliphatic carbocycles. The summed E-state index contributed by atoms with van der Waals surface area (Å²) in [5.74, 6) is -2.66. The predicted octanol–water partition coefficient (Wildman–Crippen LogP) is 3.90. The summed E-state index contributed by atoms with van der Waals surface area (Å²) in [6.07, 6.45) is 12.8. The van der Waals surface area contributed by atoms with Gasteiger partial charge >= 0.3 is 5.97 Å². The zero-order valence-corrected chi connectivity index (χ0v) is 17.4. The summed E-state index contributed by atoms with van der Waals surface area (Å²) < 4.78 is 0. The first-order valence-electron chi connectivity index (χ1n) is 10.7. The van der Waals surface area contributed by atoms with Crippen LogP contribution in [0, 0.1) is 11.8 Å². The summed E-state index contributed by atoms with van der Waals surface area (Å²) in [5.41, 5.74) is 1.68. The van der Waals surface area contributed by atoms with Gasteiger partial charge in [0.05, 0.1) is 17.4 Å². The van der Waals surface area contributed by atoms with Crippen LogP contribution in [0.15, 0.2) is 12.2 Å². The molecule has 1 fully saturated rings. The summed E-state index contributed by atoms with van der Waals surface area (Å²) in [7, 11) is 0. The van der Waals surface area contributed by atoms with E-state index in [0.29, 0.717) is 23.4 Å². The Morgan fingerprint density at radius 2 is 1.69 bits per heavy atom. The number of anilines is 1. The molecule has 0 aromatic carbocycles. The van der Waals surface area contributed by atoms with Crippen LogP contribution in [-0.2, 0) is 22.4 Å². The standard InChI is InChI=1S/C22H28N2O4S/c25-19(14-9-4-5-10-15(14)22(27)28)24-21-18(16-11-6-12-17(16)29-21)20(26)23-13-7-2-1-3-8-13/h4-5,13-15H,1-3,6-12H2,(H,23,26)(H,24,25)(H,27,28). The Morgan fingerprint density at radius 3 is 2.41 bits per heavy atom. The molecule has 2 atom stereocenters. The maximum absolute atomic E-state index is 13.1. The summed E-state index contributed by atoms with van der Waals surface area (Å²) in [6, 6.07) is 0.205. The minimum atomic E-state index is -0.946. The average Bonchev–Trinajstić information content (AvgIpc) is 3.29. The summed E-state index contributed by atoms with van der Waals surface area (Å²) in [6.45, 7) is 0. The van der Waals surface area contributed by atoms with Crippen LogP contribution in [0.2, 0.25) is 0 Å². The van der Waals surface area contributed by atoms with Gasteiger partial charge in [-0.2, -0.15) is 0 Å².